The lowest BCUT2D eigenvalue weighted by atomic mass is 10.1. The Morgan fingerprint density at radius 2 is 1.93 bits per heavy atom. The molecule has 2 aliphatic rings. The molecule has 0 radical (unpaired) electrons. The Hall–Kier alpha value is -1.51. The second-order valence-electron chi connectivity index (χ2n) is 7.56. The molecule has 1 atom stereocenters. The van der Waals surface area contributed by atoms with E-state index in [1.54, 1.807) is 7.05 Å². The molecule has 1 aliphatic carbocycles. The van der Waals surface area contributed by atoms with E-state index in [0.717, 1.165) is 44.1 Å². The molecule has 1 saturated heterocycles. The molecule has 7 heteroatoms. The van der Waals surface area contributed by atoms with Gasteiger partial charge in [-0.15, -0.1) is 24.0 Å². The summed E-state index contributed by atoms with van der Waals surface area (Å²) in [6.45, 7) is 4.93. The molecule has 0 bridgehead atoms. The number of nitrogens with one attached hydrogen (secondary N) is 2. The molecular weight excluding hydrogens is 467 g/mol. The first-order valence-corrected chi connectivity index (χ1v) is 10.1. The van der Waals surface area contributed by atoms with Crippen LogP contribution >= 0.6 is 24.0 Å². The number of aliphatic imine (C=N–C) groups is 1. The Bertz CT molecular complexity index is 644. The Balaban J connectivity index is 0.00000280. The fourth-order valence-corrected chi connectivity index (χ4v) is 3.87. The molecule has 0 aromatic heterocycles. The lowest BCUT2D eigenvalue weighted by Crippen LogP contribution is -2.46. The predicted molar refractivity (Wildman–Crippen MR) is 124 cm³/mol. The fourth-order valence-electron chi connectivity index (χ4n) is 3.87. The van der Waals surface area contributed by atoms with Crippen LogP contribution in [0.2, 0.25) is 0 Å². The first kappa shape index (κ1) is 22.8. The highest BCUT2D eigenvalue weighted by atomic mass is 127. The van der Waals surface area contributed by atoms with Crippen LogP contribution < -0.4 is 15.4 Å². The van der Waals surface area contributed by atoms with Crippen molar-refractivity contribution in [3.63, 3.8) is 0 Å². The summed E-state index contributed by atoms with van der Waals surface area (Å²) in [5.74, 6) is 2.26. The number of aryl methyl sites for hydroxylation is 1. The summed E-state index contributed by atoms with van der Waals surface area (Å²) in [7, 11) is 1.77. The number of carbonyl (C=O) groups is 1. The van der Waals surface area contributed by atoms with E-state index < -0.39 is 0 Å². The number of halogens is 1. The van der Waals surface area contributed by atoms with Crippen molar-refractivity contribution in [1.29, 1.82) is 0 Å². The maximum absolute atomic E-state index is 12.6. The lowest BCUT2D eigenvalue weighted by molar-refractivity contribution is -0.134. The third-order valence-electron chi connectivity index (χ3n) is 5.45. The van der Waals surface area contributed by atoms with E-state index in [1.165, 1.54) is 18.4 Å². The molecule has 28 heavy (non-hydrogen) atoms. The van der Waals surface area contributed by atoms with E-state index >= 15 is 0 Å². The van der Waals surface area contributed by atoms with Gasteiger partial charge in [-0.05, 0) is 38.3 Å². The van der Waals surface area contributed by atoms with Gasteiger partial charge in [-0.25, -0.2) is 0 Å². The van der Waals surface area contributed by atoms with E-state index in [2.05, 4.69) is 22.5 Å². The van der Waals surface area contributed by atoms with Crippen LogP contribution in [0.5, 0.6) is 5.75 Å². The van der Waals surface area contributed by atoms with Crippen LogP contribution in [0.25, 0.3) is 0 Å². The molecule has 6 nitrogen and oxygen atoms in total. The van der Waals surface area contributed by atoms with Gasteiger partial charge in [0.15, 0.2) is 5.96 Å². The predicted octanol–water partition coefficient (Wildman–Crippen LogP) is 2.95. The highest BCUT2D eigenvalue weighted by Crippen LogP contribution is 2.27. The Morgan fingerprint density at radius 3 is 2.61 bits per heavy atom. The summed E-state index contributed by atoms with van der Waals surface area (Å²) < 4.78 is 5.73. The van der Waals surface area contributed by atoms with Crippen molar-refractivity contribution in [3.8, 4) is 5.75 Å². The van der Waals surface area contributed by atoms with Gasteiger partial charge in [0.25, 0.3) is 0 Å². The molecular formula is C21H33IN4O2. The number of carbonyl (C=O) groups excluding carboxylic acids is 1. The molecule has 156 valence electrons. The second-order valence-corrected chi connectivity index (χ2v) is 7.56. The van der Waals surface area contributed by atoms with Gasteiger partial charge >= 0.3 is 0 Å². The molecule has 1 aliphatic heterocycles. The molecule has 2 fully saturated rings. The number of rotatable bonds is 6. The second kappa shape index (κ2) is 11.5. The SMILES string of the molecule is CN=C(NCCOc1ccc(C)cc1)NC1CCN(C(=O)C2CCCC2)C1.I. The van der Waals surface area contributed by atoms with Crippen LogP contribution in [0.15, 0.2) is 29.3 Å². The number of nitrogens with zero attached hydrogens (tertiary/aromatic N) is 2. The van der Waals surface area contributed by atoms with E-state index in [-0.39, 0.29) is 35.9 Å². The van der Waals surface area contributed by atoms with Crippen molar-refractivity contribution in [2.24, 2.45) is 10.9 Å². The molecule has 0 spiro atoms. The quantitative estimate of drug-likeness (QED) is 0.273. The molecule has 1 saturated carbocycles. The van der Waals surface area contributed by atoms with E-state index in [9.17, 15) is 4.79 Å². The monoisotopic (exact) mass is 500 g/mol. The smallest absolute Gasteiger partial charge is 0.225 e. The summed E-state index contributed by atoms with van der Waals surface area (Å²) in [4.78, 5) is 18.9. The number of benzene rings is 1. The largest absolute Gasteiger partial charge is 0.492 e. The number of ether oxygens (including phenoxy) is 1. The highest BCUT2D eigenvalue weighted by molar-refractivity contribution is 14.0. The average Bonchev–Trinajstić information content (AvgIpc) is 3.37. The van der Waals surface area contributed by atoms with Crippen molar-refractivity contribution in [2.45, 2.75) is 45.1 Å². The molecule has 3 rings (SSSR count). The maximum atomic E-state index is 12.6. The lowest BCUT2D eigenvalue weighted by Gasteiger charge is -2.21. The Morgan fingerprint density at radius 1 is 1.21 bits per heavy atom. The number of hydrogen-bond acceptors (Lipinski definition) is 3. The maximum Gasteiger partial charge on any atom is 0.225 e. The minimum absolute atomic E-state index is 0. The summed E-state index contributed by atoms with van der Waals surface area (Å²) >= 11 is 0. The standard InChI is InChI=1S/C21H32N4O2.HI/c1-16-7-9-19(10-8-16)27-14-12-23-21(22-2)24-18-11-13-25(15-18)20(26)17-5-3-4-6-17;/h7-10,17-18H,3-6,11-15H2,1-2H3,(H2,22,23,24);1H. The summed E-state index contributed by atoms with van der Waals surface area (Å²) in [5, 5.41) is 6.72. The van der Waals surface area contributed by atoms with Gasteiger partial charge in [-0.2, -0.15) is 0 Å². The third kappa shape index (κ3) is 6.53. The summed E-state index contributed by atoms with van der Waals surface area (Å²) in [6.07, 6.45) is 5.51. The Kier molecular flexibility index (Phi) is 9.34. The molecule has 1 unspecified atom stereocenters. The first-order chi connectivity index (χ1) is 13.2. The zero-order valence-corrected chi connectivity index (χ0v) is 19.3. The van der Waals surface area contributed by atoms with Gasteiger partial charge in [0.2, 0.25) is 5.91 Å². The van der Waals surface area contributed by atoms with E-state index in [4.69, 9.17) is 4.74 Å². The molecule has 1 heterocycles. The summed E-state index contributed by atoms with van der Waals surface area (Å²) in [6, 6.07) is 8.32. The highest BCUT2D eigenvalue weighted by Gasteiger charge is 2.32. The normalized spacial score (nSPS) is 20.0. The summed E-state index contributed by atoms with van der Waals surface area (Å²) in [5.41, 5.74) is 1.22. The minimum Gasteiger partial charge on any atom is -0.492 e. The topological polar surface area (TPSA) is 66.0 Å². The van der Waals surface area contributed by atoms with Gasteiger partial charge < -0.3 is 20.3 Å². The minimum atomic E-state index is 0. The number of amides is 1. The van der Waals surface area contributed by atoms with Crippen LogP contribution in [0, 0.1) is 12.8 Å². The zero-order valence-electron chi connectivity index (χ0n) is 16.9. The Labute approximate surface area is 185 Å². The first-order valence-electron chi connectivity index (χ1n) is 10.1. The fraction of sp³-hybridized carbons (Fsp3) is 0.619. The van der Waals surface area contributed by atoms with Gasteiger partial charge in [0.1, 0.15) is 12.4 Å². The van der Waals surface area contributed by atoms with Crippen molar-refractivity contribution >= 4 is 35.8 Å². The molecule has 1 aromatic rings. The van der Waals surface area contributed by atoms with Gasteiger partial charge in [0.05, 0.1) is 6.54 Å². The van der Waals surface area contributed by atoms with E-state index in [1.807, 2.05) is 29.2 Å². The van der Waals surface area contributed by atoms with Crippen molar-refractivity contribution in [3.05, 3.63) is 29.8 Å². The third-order valence-corrected chi connectivity index (χ3v) is 5.45. The molecule has 1 aromatic carbocycles. The van der Waals surface area contributed by atoms with Gasteiger partial charge in [-0.1, -0.05) is 30.5 Å². The van der Waals surface area contributed by atoms with Crippen LogP contribution in [-0.2, 0) is 4.79 Å². The van der Waals surface area contributed by atoms with Gasteiger partial charge in [-0.3, -0.25) is 9.79 Å². The van der Waals surface area contributed by atoms with E-state index in [0.29, 0.717) is 19.1 Å². The van der Waals surface area contributed by atoms with Gasteiger partial charge in [0, 0.05) is 32.1 Å². The zero-order chi connectivity index (χ0) is 19.1. The van der Waals surface area contributed by atoms with Crippen LogP contribution in [0.3, 0.4) is 0 Å². The molecule has 2 N–H and O–H groups in total. The van der Waals surface area contributed by atoms with Crippen LogP contribution in [0.1, 0.15) is 37.7 Å². The molecule has 1 amide bonds. The number of guanidine groups is 1. The average molecular weight is 500 g/mol. The van der Waals surface area contributed by atoms with Crippen molar-refractivity contribution < 1.29 is 9.53 Å². The number of likely N-dealkylation sites (tertiary alicyclic amines) is 1. The van der Waals surface area contributed by atoms with Crippen LogP contribution in [-0.4, -0.2) is 56.1 Å². The number of hydrogen-bond donors (Lipinski definition) is 2. The van der Waals surface area contributed by atoms with Crippen LogP contribution in [0.4, 0.5) is 0 Å². The van der Waals surface area contributed by atoms with Crippen molar-refractivity contribution in [1.82, 2.24) is 15.5 Å². The van der Waals surface area contributed by atoms with Crippen molar-refractivity contribution in [2.75, 3.05) is 33.3 Å².